The number of hydrogen-bond acceptors (Lipinski definition) is 4. The smallest absolute Gasteiger partial charge is 0.324 e. The highest BCUT2D eigenvalue weighted by atomic mass is 32.1. The molecule has 0 unspecified atom stereocenters. The van der Waals surface area contributed by atoms with Gasteiger partial charge in [0.25, 0.3) is 0 Å². The molecule has 0 aromatic carbocycles. The lowest BCUT2D eigenvalue weighted by Gasteiger charge is -2.08. The minimum atomic E-state index is -0.368. The average Bonchev–Trinajstić information content (AvgIpc) is 2.66. The fourth-order valence-corrected chi connectivity index (χ4v) is 2.20. The molecule has 5 heteroatoms. The summed E-state index contributed by atoms with van der Waals surface area (Å²) in [5.74, 6) is 0. The third kappa shape index (κ3) is 3.60. The van der Waals surface area contributed by atoms with Crippen LogP contribution in [0.5, 0.6) is 0 Å². The number of nitro groups is 1. The summed E-state index contributed by atoms with van der Waals surface area (Å²) in [5, 5.41) is 12.4. The average molecular weight is 228 g/mol. The Balaban J connectivity index is 2.50. The summed E-state index contributed by atoms with van der Waals surface area (Å²) in [6.07, 6.45) is 4.32. The molecule has 0 aliphatic rings. The second kappa shape index (κ2) is 5.82. The van der Waals surface area contributed by atoms with E-state index in [9.17, 15) is 10.1 Å². The number of hydrogen-bond donors (Lipinski definition) is 1. The third-order valence-electron chi connectivity index (χ3n) is 2.33. The zero-order valence-corrected chi connectivity index (χ0v) is 9.63. The van der Waals surface area contributed by atoms with Crippen molar-refractivity contribution < 1.29 is 4.92 Å². The number of thiophene rings is 1. The van der Waals surface area contributed by atoms with Gasteiger partial charge in [0, 0.05) is 17.5 Å². The molecule has 0 fully saturated rings. The molecule has 0 saturated carbocycles. The number of nitrogens with two attached hydrogens (primary N) is 1. The molecule has 2 N–H and O–H groups in total. The predicted octanol–water partition coefficient (Wildman–Crippen LogP) is 3.24. The van der Waals surface area contributed by atoms with Gasteiger partial charge in [0.15, 0.2) is 0 Å². The van der Waals surface area contributed by atoms with Crippen molar-refractivity contribution in [2.45, 2.75) is 38.6 Å². The summed E-state index contributed by atoms with van der Waals surface area (Å²) in [6.45, 7) is 2.14. The summed E-state index contributed by atoms with van der Waals surface area (Å²) in [6, 6.07) is 1.53. The van der Waals surface area contributed by atoms with E-state index in [1.165, 1.54) is 6.42 Å². The maximum Gasteiger partial charge on any atom is 0.324 e. The van der Waals surface area contributed by atoms with E-state index in [1.807, 2.05) is 0 Å². The zero-order valence-electron chi connectivity index (χ0n) is 8.81. The quantitative estimate of drug-likeness (QED) is 0.461. The molecule has 1 atom stereocenters. The van der Waals surface area contributed by atoms with Crippen molar-refractivity contribution in [1.29, 1.82) is 0 Å². The third-order valence-corrected chi connectivity index (χ3v) is 3.23. The Kier molecular flexibility index (Phi) is 4.71. The Labute approximate surface area is 93.3 Å². The van der Waals surface area contributed by atoms with Crippen molar-refractivity contribution >= 4 is 16.3 Å². The molecule has 1 heterocycles. The summed E-state index contributed by atoms with van der Waals surface area (Å²) >= 11 is 1.15. The van der Waals surface area contributed by atoms with Crippen LogP contribution in [0.4, 0.5) is 5.00 Å². The van der Waals surface area contributed by atoms with Crippen LogP contribution in [-0.4, -0.2) is 4.92 Å². The van der Waals surface area contributed by atoms with Crippen LogP contribution in [0.25, 0.3) is 0 Å². The first kappa shape index (κ1) is 12.1. The first-order valence-corrected chi connectivity index (χ1v) is 6.01. The Morgan fingerprint density at radius 1 is 1.60 bits per heavy atom. The maximum absolute atomic E-state index is 10.5. The highest BCUT2D eigenvalue weighted by molar-refractivity contribution is 7.13. The molecule has 15 heavy (non-hydrogen) atoms. The monoisotopic (exact) mass is 228 g/mol. The van der Waals surface area contributed by atoms with E-state index in [0.29, 0.717) is 0 Å². The maximum atomic E-state index is 10.5. The van der Waals surface area contributed by atoms with Gasteiger partial charge in [0.2, 0.25) is 0 Å². The van der Waals surface area contributed by atoms with E-state index in [1.54, 1.807) is 11.4 Å². The fraction of sp³-hybridized carbons (Fsp3) is 0.600. The first-order valence-electron chi connectivity index (χ1n) is 5.13. The molecule has 1 aromatic rings. The lowest BCUT2D eigenvalue weighted by Crippen LogP contribution is -2.08. The Morgan fingerprint density at radius 2 is 2.33 bits per heavy atom. The van der Waals surface area contributed by atoms with Crippen LogP contribution in [0, 0.1) is 10.1 Å². The van der Waals surface area contributed by atoms with E-state index >= 15 is 0 Å². The Hall–Kier alpha value is -0.940. The van der Waals surface area contributed by atoms with Crippen LogP contribution in [0.3, 0.4) is 0 Å². The number of nitrogens with zero attached hydrogens (tertiary/aromatic N) is 1. The van der Waals surface area contributed by atoms with Gasteiger partial charge >= 0.3 is 5.00 Å². The van der Waals surface area contributed by atoms with Gasteiger partial charge in [-0.1, -0.05) is 37.5 Å². The largest absolute Gasteiger partial charge is 0.324 e. The molecule has 0 saturated heterocycles. The zero-order chi connectivity index (χ0) is 11.3. The van der Waals surface area contributed by atoms with Gasteiger partial charge in [-0.2, -0.15) is 0 Å². The van der Waals surface area contributed by atoms with Crippen molar-refractivity contribution in [2.24, 2.45) is 5.73 Å². The predicted molar refractivity (Wildman–Crippen MR) is 62.0 cm³/mol. The minimum absolute atomic E-state index is 0.0542. The standard InChI is InChI=1S/C10H16N2O2S/c1-2-3-4-5-9(11)8-6-10(12(13)14)15-7-8/h6-7,9H,2-5,11H2,1H3/t9-/m0/s1. The molecular formula is C10H16N2O2S. The lowest BCUT2D eigenvalue weighted by molar-refractivity contribution is -0.380. The number of unbranched alkanes of at least 4 members (excludes halogenated alkanes) is 2. The van der Waals surface area contributed by atoms with Gasteiger partial charge in [-0.3, -0.25) is 10.1 Å². The second-order valence-electron chi connectivity index (χ2n) is 3.58. The van der Waals surface area contributed by atoms with Crippen LogP contribution in [0.1, 0.15) is 44.2 Å². The van der Waals surface area contributed by atoms with Crippen LogP contribution < -0.4 is 5.73 Å². The van der Waals surface area contributed by atoms with Gasteiger partial charge in [0.1, 0.15) is 0 Å². The highest BCUT2D eigenvalue weighted by Crippen LogP contribution is 2.28. The molecule has 0 amide bonds. The molecule has 1 aromatic heterocycles. The van der Waals surface area contributed by atoms with Crippen molar-refractivity contribution in [1.82, 2.24) is 0 Å². The summed E-state index contributed by atoms with van der Waals surface area (Å²) in [4.78, 5) is 10.1. The summed E-state index contributed by atoms with van der Waals surface area (Å²) in [7, 11) is 0. The van der Waals surface area contributed by atoms with Gasteiger partial charge in [0.05, 0.1) is 4.92 Å². The van der Waals surface area contributed by atoms with Crippen LogP contribution >= 0.6 is 11.3 Å². The second-order valence-corrected chi connectivity index (χ2v) is 4.47. The van der Waals surface area contributed by atoms with Gasteiger partial charge in [-0.05, 0) is 12.0 Å². The van der Waals surface area contributed by atoms with Gasteiger partial charge in [-0.25, -0.2) is 0 Å². The summed E-state index contributed by atoms with van der Waals surface area (Å²) in [5.41, 5.74) is 6.82. The molecular weight excluding hydrogens is 212 g/mol. The van der Waals surface area contributed by atoms with E-state index in [2.05, 4.69) is 6.92 Å². The normalized spacial score (nSPS) is 12.7. The SMILES string of the molecule is CCCCC[C@H](N)c1csc([N+](=O)[O-])c1. The topological polar surface area (TPSA) is 69.2 Å². The Morgan fingerprint density at radius 3 is 2.87 bits per heavy atom. The van der Waals surface area contributed by atoms with E-state index in [-0.39, 0.29) is 16.0 Å². The van der Waals surface area contributed by atoms with Gasteiger partial charge in [-0.15, -0.1) is 0 Å². The van der Waals surface area contributed by atoms with E-state index in [0.717, 1.165) is 36.2 Å². The summed E-state index contributed by atoms with van der Waals surface area (Å²) < 4.78 is 0. The first-order chi connectivity index (χ1) is 7.15. The van der Waals surface area contributed by atoms with Crippen molar-refractivity contribution in [2.75, 3.05) is 0 Å². The van der Waals surface area contributed by atoms with Crippen molar-refractivity contribution in [3.8, 4) is 0 Å². The number of rotatable bonds is 6. The van der Waals surface area contributed by atoms with Crippen molar-refractivity contribution in [3.63, 3.8) is 0 Å². The molecule has 0 radical (unpaired) electrons. The van der Waals surface area contributed by atoms with Gasteiger partial charge < -0.3 is 5.73 Å². The fourth-order valence-electron chi connectivity index (χ4n) is 1.41. The molecule has 0 bridgehead atoms. The highest BCUT2D eigenvalue weighted by Gasteiger charge is 2.13. The lowest BCUT2D eigenvalue weighted by atomic mass is 10.0. The van der Waals surface area contributed by atoms with Crippen LogP contribution in [0.2, 0.25) is 0 Å². The van der Waals surface area contributed by atoms with Crippen LogP contribution in [-0.2, 0) is 0 Å². The molecule has 84 valence electrons. The van der Waals surface area contributed by atoms with E-state index in [4.69, 9.17) is 5.73 Å². The van der Waals surface area contributed by atoms with E-state index < -0.39 is 0 Å². The van der Waals surface area contributed by atoms with Crippen molar-refractivity contribution in [3.05, 3.63) is 27.1 Å². The molecule has 0 aliphatic carbocycles. The molecule has 0 spiro atoms. The molecule has 0 aliphatic heterocycles. The van der Waals surface area contributed by atoms with Crippen LogP contribution in [0.15, 0.2) is 11.4 Å². The minimum Gasteiger partial charge on any atom is -0.324 e. The molecule has 4 nitrogen and oxygen atoms in total. The Bertz CT molecular complexity index is 325. The molecule has 1 rings (SSSR count).